The Balaban J connectivity index is 3.37. The van der Waals surface area contributed by atoms with Crippen LogP contribution in [0.25, 0.3) is 0 Å². The predicted octanol–water partition coefficient (Wildman–Crippen LogP) is 0.296. The average molecular weight is 422 g/mol. The SMILES string of the molecule is Cc1cc(C)c(S(=O)(=O)N[C@H](CCC(=O)O)C(=O)O)cc1N(C)S(C)(=O)=O. The molecule has 0 aromatic heterocycles. The van der Waals surface area contributed by atoms with Crippen molar-refractivity contribution in [3.05, 3.63) is 23.3 Å². The Hall–Kier alpha value is -2.18. The van der Waals surface area contributed by atoms with Crippen LogP contribution in [-0.4, -0.2) is 58.3 Å². The standard InChI is InChI=1S/C15H22N2O8S2/c1-9-7-10(2)13(8-12(9)17(3)26(4,22)23)27(24,25)16-11(15(20)21)5-6-14(18)19/h7-8,11,16H,5-6H2,1-4H3,(H,18,19)(H,20,21)/t11-/m1/s1. The van der Waals surface area contributed by atoms with Crippen LogP contribution in [0.2, 0.25) is 0 Å². The molecule has 0 heterocycles. The van der Waals surface area contributed by atoms with Crippen LogP contribution in [-0.2, 0) is 29.6 Å². The number of sulfonamides is 2. The predicted molar refractivity (Wildman–Crippen MR) is 97.8 cm³/mol. The molecule has 0 saturated heterocycles. The smallest absolute Gasteiger partial charge is 0.321 e. The van der Waals surface area contributed by atoms with Crippen LogP contribution >= 0.6 is 0 Å². The number of aliphatic carboxylic acids is 2. The molecule has 0 saturated carbocycles. The Morgan fingerprint density at radius 3 is 2.11 bits per heavy atom. The molecule has 0 aliphatic heterocycles. The summed E-state index contributed by atoms with van der Waals surface area (Å²) in [6, 6.07) is 0.978. The van der Waals surface area contributed by atoms with Gasteiger partial charge in [0, 0.05) is 13.5 Å². The molecule has 1 aromatic carbocycles. The van der Waals surface area contributed by atoms with Crippen LogP contribution in [0.4, 0.5) is 5.69 Å². The van der Waals surface area contributed by atoms with E-state index in [0.717, 1.165) is 16.6 Å². The van der Waals surface area contributed by atoms with E-state index in [1.54, 1.807) is 6.92 Å². The second-order valence-corrected chi connectivity index (χ2v) is 9.78. The lowest BCUT2D eigenvalue weighted by Gasteiger charge is -2.22. The summed E-state index contributed by atoms with van der Waals surface area (Å²) < 4.78 is 51.8. The fraction of sp³-hybridized carbons (Fsp3) is 0.467. The summed E-state index contributed by atoms with van der Waals surface area (Å²) in [5, 5.41) is 17.8. The van der Waals surface area contributed by atoms with Gasteiger partial charge in [0.2, 0.25) is 20.0 Å². The molecule has 0 radical (unpaired) electrons. The monoisotopic (exact) mass is 422 g/mol. The summed E-state index contributed by atoms with van der Waals surface area (Å²) in [6.07, 6.45) is -0.00951. The van der Waals surface area contributed by atoms with E-state index >= 15 is 0 Å². The highest BCUT2D eigenvalue weighted by molar-refractivity contribution is 7.92. The highest BCUT2D eigenvalue weighted by Gasteiger charge is 2.28. The fourth-order valence-corrected chi connectivity index (χ4v) is 4.40. The number of carboxylic acid groups (broad SMARTS) is 2. The number of carbonyl (C=O) groups is 2. The molecule has 0 amide bonds. The van der Waals surface area contributed by atoms with Crippen molar-refractivity contribution in [3.8, 4) is 0 Å². The third-order valence-electron chi connectivity index (χ3n) is 3.86. The molecule has 1 rings (SSSR count). The van der Waals surface area contributed by atoms with Gasteiger partial charge in [-0.05, 0) is 37.5 Å². The second-order valence-electron chi connectivity index (χ2n) is 6.08. The summed E-state index contributed by atoms with van der Waals surface area (Å²) in [4.78, 5) is 21.6. The van der Waals surface area contributed by atoms with Crippen LogP contribution in [0.15, 0.2) is 17.0 Å². The van der Waals surface area contributed by atoms with Crippen molar-refractivity contribution in [2.24, 2.45) is 0 Å². The molecule has 152 valence electrons. The normalized spacial score (nSPS) is 13.2. The summed E-state index contributed by atoms with van der Waals surface area (Å²) in [5.74, 6) is -2.78. The van der Waals surface area contributed by atoms with Crippen LogP contribution in [0.3, 0.4) is 0 Å². The number of hydrogen-bond donors (Lipinski definition) is 3. The van der Waals surface area contributed by atoms with Gasteiger partial charge in [0.1, 0.15) is 6.04 Å². The van der Waals surface area contributed by atoms with Gasteiger partial charge < -0.3 is 10.2 Å². The van der Waals surface area contributed by atoms with Crippen molar-refractivity contribution in [1.29, 1.82) is 0 Å². The molecule has 3 N–H and O–H groups in total. The molecule has 0 aliphatic carbocycles. The Morgan fingerprint density at radius 1 is 1.11 bits per heavy atom. The summed E-state index contributed by atoms with van der Waals surface area (Å²) in [5.41, 5.74) is 0.925. The van der Waals surface area contributed by atoms with Crippen molar-refractivity contribution < 1.29 is 36.6 Å². The first-order valence-electron chi connectivity index (χ1n) is 7.69. The number of nitrogens with zero attached hydrogens (tertiary/aromatic N) is 1. The molecule has 1 aromatic rings. The lowest BCUT2D eigenvalue weighted by molar-refractivity contribution is -0.140. The first kappa shape index (κ1) is 22.9. The van der Waals surface area contributed by atoms with Gasteiger partial charge in [-0.25, -0.2) is 16.8 Å². The topological polar surface area (TPSA) is 158 Å². The lowest BCUT2D eigenvalue weighted by atomic mass is 10.1. The van der Waals surface area contributed by atoms with Gasteiger partial charge >= 0.3 is 11.9 Å². The minimum atomic E-state index is -4.35. The Bertz CT molecular complexity index is 954. The van der Waals surface area contributed by atoms with Crippen molar-refractivity contribution in [2.45, 2.75) is 37.6 Å². The van der Waals surface area contributed by atoms with Crippen LogP contribution in [0.5, 0.6) is 0 Å². The van der Waals surface area contributed by atoms with Gasteiger partial charge in [-0.3, -0.25) is 13.9 Å². The molecule has 0 unspecified atom stereocenters. The Labute approximate surface area is 157 Å². The number of carboxylic acids is 2. The molecule has 0 spiro atoms. The van der Waals surface area contributed by atoms with Crippen LogP contribution in [0, 0.1) is 13.8 Å². The van der Waals surface area contributed by atoms with Gasteiger partial charge in [0.25, 0.3) is 0 Å². The van der Waals surface area contributed by atoms with Gasteiger partial charge in [0.05, 0.1) is 16.8 Å². The number of hydrogen-bond acceptors (Lipinski definition) is 6. The molecule has 0 bridgehead atoms. The highest BCUT2D eigenvalue weighted by atomic mass is 32.2. The Morgan fingerprint density at radius 2 is 1.67 bits per heavy atom. The fourth-order valence-electron chi connectivity index (χ4n) is 2.38. The number of rotatable bonds is 9. The maximum atomic E-state index is 12.7. The molecule has 12 heteroatoms. The van der Waals surface area contributed by atoms with E-state index in [9.17, 15) is 26.4 Å². The van der Waals surface area contributed by atoms with E-state index in [1.165, 1.54) is 20.0 Å². The van der Waals surface area contributed by atoms with Gasteiger partial charge in [-0.1, -0.05) is 6.07 Å². The molecule has 1 atom stereocenters. The van der Waals surface area contributed by atoms with Crippen molar-refractivity contribution in [2.75, 3.05) is 17.6 Å². The van der Waals surface area contributed by atoms with E-state index in [1.807, 2.05) is 4.72 Å². The number of nitrogens with one attached hydrogen (secondary N) is 1. The minimum Gasteiger partial charge on any atom is -0.481 e. The van der Waals surface area contributed by atoms with Crippen LogP contribution < -0.4 is 9.03 Å². The molecular formula is C15H22N2O8S2. The van der Waals surface area contributed by atoms with Gasteiger partial charge in [-0.2, -0.15) is 4.72 Å². The quantitative estimate of drug-likeness (QED) is 0.512. The first-order valence-corrected chi connectivity index (χ1v) is 11.0. The Kier molecular flexibility index (Phi) is 6.97. The molecular weight excluding hydrogens is 400 g/mol. The van der Waals surface area contributed by atoms with E-state index in [-0.39, 0.29) is 16.1 Å². The van der Waals surface area contributed by atoms with E-state index in [2.05, 4.69) is 0 Å². The zero-order chi connectivity index (χ0) is 21.2. The maximum absolute atomic E-state index is 12.7. The average Bonchev–Trinajstić information content (AvgIpc) is 2.49. The number of anilines is 1. The first-order chi connectivity index (χ1) is 12.2. The lowest BCUT2D eigenvalue weighted by Crippen LogP contribution is -2.41. The zero-order valence-electron chi connectivity index (χ0n) is 15.3. The molecule has 27 heavy (non-hydrogen) atoms. The van der Waals surface area contributed by atoms with Crippen molar-refractivity contribution in [3.63, 3.8) is 0 Å². The molecule has 0 aliphatic rings. The number of benzene rings is 1. The molecule has 10 nitrogen and oxygen atoms in total. The third kappa shape index (κ3) is 5.91. The van der Waals surface area contributed by atoms with E-state index < -0.39 is 50.9 Å². The summed E-state index contributed by atoms with van der Waals surface area (Å²) in [6.45, 7) is 3.10. The highest BCUT2D eigenvalue weighted by Crippen LogP contribution is 2.28. The third-order valence-corrected chi connectivity index (χ3v) is 6.67. The summed E-state index contributed by atoms with van der Waals surface area (Å²) in [7, 11) is -6.73. The maximum Gasteiger partial charge on any atom is 0.321 e. The van der Waals surface area contributed by atoms with Crippen molar-refractivity contribution in [1.82, 2.24) is 4.72 Å². The zero-order valence-corrected chi connectivity index (χ0v) is 16.9. The van der Waals surface area contributed by atoms with E-state index in [0.29, 0.717) is 5.56 Å². The van der Waals surface area contributed by atoms with Crippen molar-refractivity contribution >= 4 is 37.7 Å². The largest absolute Gasteiger partial charge is 0.481 e. The van der Waals surface area contributed by atoms with Crippen LogP contribution in [0.1, 0.15) is 24.0 Å². The summed E-state index contributed by atoms with van der Waals surface area (Å²) >= 11 is 0. The van der Waals surface area contributed by atoms with E-state index in [4.69, 9.17) is 10.2 Å². The van der Waals surface area contributed by atoms with Gasteiger partial charge in [-0.15, -0.1) is 0 Å². The molecule has 0 fully saturated rings. The number of aryl methyl sites for hydroxylation is 2. The second kappa shape index (κ2) is 8.23. The van der Waals surface area contributed by atoms with Gasteiger partial charge in [0.15, 0.2) is 0 Å². The minimum absolute atomic E-state index is 0.126.